The second kappa shape index (κ2) is 8.23. The minimum Gasteiger partial charge on any atom is -0.478 e. The van der Waals surface area contributed by atoms with Crippen LogP contribution >= 0.6 is 23.1 Å². The smallest absolute Gasteiger partial charge is 0.335 e. The summed E-state index contributed by atoms with van der Waals surface area (Å²) < 4.78 is 5.24. The average molecular weight is 423 g/mol. The Bertz CT molecular complexity index is 1130. The Morgan fingerprint density at radius 1 is 1.07 bits per heavy atom. The van der Waals surface area contributed by atoms with Crippen molar-refractivity contribution in [3.05, 3.63) is 77.5 Å². The van der Waals surface area contributed by atoms with Gasteiger partial charge in [0, 0.05) is 32.5 Å². The molecule has 29 heavy (non-hydrogen) atoms. The van der Waals surface area contributed by atoms with Crippen LogP contribution in [0.3, 0.4) is 0 Å². The van der Waals surface area contributed by atoms with E-state index in [0.29, 0.717) is 5.75 Å². The van der Waals surface area contributed by atoms with E-state index < -0.39 is 5.97 Å². The largest absolute Gasteiger partial charge is 0.478 e. The van der Waals surface area contributed by atoms with Crippen molar-refractivity contribution in [3.8, 4) is 20.9 Å². The molecule has 0 unspecified atom stereocenters. The van der Waals surface area contributed by atoms with Crippen LogP contribution in [0.2, 0.25) is 0 Å². The van der Waals surface area contributed by atoms with Gasteiger partial charge < -0.3 is 9.52 Å². The SMILES string of the molecule is Cc1cc(C)nc(SCc2cc(-c3ccoc3)sc2-c2ccc(C(=O)O)cc2)n1. The fourth-order valence-corrected chi connectivity index (χ4v) is 5.18. The molecule has 0 fully saturated rings. The number of hydrogen-bond donors (Lipinski definition) is 1. The molecule has 0 aliphatic carbocycles. The van der Waals surface area contributed by atoms with Crippen LogP contribution < -0.4 is 0 Å². The van der Waals surface area contributed by atoms with Crippen LogP contribution in [0.5, 0.6) is 0 Å². The lowest BCUT2D eigenvalue weighted by molar-refractivity contribution is 0.0697. The van der Waals surface area contributed by atoms with Crippen molar-refractivity contribution in [2.45, 2.75) is 24.8 Å². The summed E-state index contributed by atoms with van der Waals surface area (Å²) in [7, 11) is 0. The first kappa shape index (κ1) is 19.4. The number of carboxylic acids is 1. The molecule has 3 heterocycles. The van der Waals surface area contributed by atoms with Gasteiger partial charge in [0.25, 0.3) is 0 Å². The van der Waals surface area contributed by atoms with Crippen molar-refractivity contribution >= 4 is 29.1 Å². The van der Waals surface area contributed by atoms with E-state index in [1.165, 1.54) is 0 Å². The summed E-state index contributed by atoms with van der Waals surface area (Å²) in [6, 6.07) is 13.0. The van der Waals surface area contributed by atoms with E-state index in [4.69, 9.17) is 9.52 Å². The highest BCUT2D eigenvalue weighted by atomic mass is 32.2. The molecule has 0 amide bonds. The summed E-state index contributed by atoms with van der Waals surface area (Å²) in [5.74, 6) is -0.211. The van der Waals surface area contributed by atoms with Crippen LogP contribution in [0.4, 0.5) is 0 Å². The molecule has 0 radical (unpaired) electrons. The molecule has 0 spiro atoms. The van der Waals surface area contributed by atoms with Crippen LogP contribution in [0.1, 0.15) is 27.3 Å². The van der Waals surface area contributed by atoms with Gasteiger partial charge >= 0.3 is 5.97 Å². The van der Waals surface area contributed by atoms with Crippen molar-refractivity contribution in [1.82, 2.24) is 9.97 Å². The zero-order valence-electron chi connectivity index (χ0n) is 15.9. The molecule has 1 aromatic carbocycles. The molecule has 0 saturated heterocycles. The first-order valence-corrected chi connectivity index (χ1v) is 10.7. The maximum Gasteiger partial charge on any atom is 0.335 e. The van der Waals surface area contributed by atoms with Gasteiger partial charge in [0.1, 0.15) is 0 Å². The molecule has 5 nitrogen and oxygen atoms in total. The van der Waals surface area contributed by atoms with Gasteiger partial charge in [-0.3, -0.25) is 0 Å². The van der Waals surface area contributed by atoms with E-state index in [9.17, 15) is 4.79 Å². The van der Waals surface area contributed by atoms with Gasteiger partial charge in [0.05, 0.1) is 18.1 Å². The third-order valence-electron chi connectivity index (χ3n) is 4.33. The zero-order chi connectivity index (χ0) is 20.4. The van der Waals surface area contributed by atoms with Gasteiger partial charge in [0.2, 0.25) is 0 Å². The molecule has 4 aromatic rings. The quantitative estimate of drug-likeness (QED) is 0.300. The minimum atomic E-state index is -0.926. The molecule has 0 aliphatic rings. The lowest BCUT2D eigenvalue weighted by Gasteiger charge is -2.05. The molecular formula is C22H18N2O3S2. The number of aryl methyl sites for hydroxylation is 2. The van der Waals surface area contributed by atoms with Crippen LogP contribution in [-0.4, -0.2) is 21.0 Å². The van der Waals surface area contributed by atoms with Crippen LogP contribution in [0, 0.1) is 13.8 Å². The maximum atomic E-state index is 11.2. The number of carboxylic acid groups (broad SMARTS) is 1. The number of nitrogens with zero attached hydrogens (tertiary/aromatic N) is 2. The van der Waals surface area contributed by atoms with Gasteiger partial charge in [-0.25, -0.2) is 14.8 Å². The Hall–Kier alpha value is -2.90. The highest BCUT2D eigenvalue weighted by Crippen LogP contribution is 2.40. The van der Waals surface area contributed by atoms with E-state index >= 15 is 0 Å². The first-order valence-electron chi connectivity index (χ1n) is 8.93. The summed E-state index contributed by atoms with van der Waals surface area (Å²) in [5.41, 5.74) is 5.36. The fraction of sp³-hybridized carbons (Fsp3) is 0.136. The third-order valence-corrected chi connectivity index (χ3v) is 6.50. The van der Waals surface area contributed by atoms with Crippen molar-refractivity contribution in [2.24, 2.45) is 0 Å². The molecule has 0 saturated carbocycles. The second-order valence-corrected chi connectivity index (χ2v) is 8.58. The molecule has 1 N–H and O–H groups in total. The standard InChI is InChI=1S/C22H18N2O3S2/c1-13-9-14(2)24-22(23-13)28-12-18-10-19(17-7-8-27-11-17)29-20(18)15-3-5-16(6-4-15)21(25)26/h3-11H,12H2,1-2H3,(H,25,26). The highest BCUT2D eigenvalue weighted by molar-refractivity contribution is 7.98. The van der Waals surface area contributed by atoms with E-state index in [2.05, 4.69) is 16.0 Å². The molecule has 0 atom stereocenters. The predicted molar refractivity (Wildman–Crippen MR) is 115 cm³/mol. The lowest BCUT2D eigenvalue weighted by Crippen LogP contribution is -1.95. The first-order chi connectivity index (χ1) is 14.0. The van der Waals surface area contributed by atoms with Gasteiger partial charge in [-0.05, 0) is 55.3 Å². The average Bonchev–Trinajstić information content (AvgIpc) is 3.35. The number of benzene rings is 1. The molecule has 146 valence electrons. The van der Waals surface area contributed by atoms with Gasteiger partial charge in [0.15, 0.2) is 5.16 Å². The van der Waals surface area contributed by atoms with E-state index in [-0.39, 0.29) is 5.56 Å². The Morgan fingerprint density at radius 3 is 2.41 bits per heavy atom. The molecule has 4 rings (SSSR count). The number of aromatic carboxylic acids is 1. The summed E-state index contributed by atoms with van der Waals surface area (Å²) in [6.45, 7) is 3.94. The van der Waals surface area contributed by atoms with Gasteiger partial charge in [-0.2, -0.15) is 0 Å². The third kappa shape index (κ3) is 4.41. The van der Waals surface area contributed by atoms with Crippen LogP contribution in [0.25, 0.3) is 20.9 Å². The number of hydrogen-bond acceptors (Lipinski definition) is 6. The van der Waals surface area contributed by atoms with Crippen molar-refractivity contribution in [2.75, 3.05) is 0 Å². The summed E-state index contributed by atoms with van der Waals surface area (Å²) >= 11 is 3.26. The molecule has 0 aliphatic heterocycles. The normalized spacial score (nSPS) is 11.0. The Morgan fingerprint density at radius 2 is 1.79 bits per heavy atom. The Labute approximate surface area is 176 Å². The van der Waals surface area contributed by atoms with Crippen LogP contribution in [0.15, 0.2) is 64.6 Å². The zero-order valence-corrected chi connectivity index (χ0v) is 17.5. The Kier molecular flexibility index (Phi) is 5.51. The fourth-order valence-electron chi connectivity index (χ4n) is 2.99. The number of aromatic nitrogens is 2. The monoisotopic (exact) mass is 422 g/mol. The molecule has 0 bridgehead atoms. The number of rotatable bonds is 6. The summed E-state index contributed by atoms with van der Waals surface area (Å²) in [4.78, 5) is 22.4. The number of thioether (sulfide) groups is 1. The predicted octanol–water partition coefficient (Wildman–Crippen LogP) is 6.07. The highest BCUT2D eigenvalue weighted by Gasteiger charge is 2.15. The maximum absolute atomic E-state index is 11.2. The number of thiophene rings is 1. The van der Waals surface area contributed by atoms with Crippen LogP contribution in [-0.2, 0) is 5.75 Å². The van der Waals surface area contributed by atoms with Crippen molar-refractivity contribution in [3.63, 3.8) is 0 Å². The number of furan rings is 1. The molecular weight excluding hydrogens is 404 g/mol. The second-order valence-electron chi connectivity index (χ2n) is 6.58. The van der Waals surface area contributed by atoms with E-state index in [1.807, 2.05) is 38.1 Å². The van der Waals surface area contributed by atoms with Gasteiger partial charge in [-0.15, -0.1) is 11.3 Å². The number of carbonyl (C=O) groups is 1. The topological polar surface area (TPSA) is 76.2 Å². The van der Waals surface area contributed by atoms with Crippen molar-refractivity contribution in [1.29, 1.82) is 0 Å². The minimum absolute atomic E-state index is 0.278. The molecule has 7 heteroatoms. The molecule has 3 aromatic heterocycles. The summed E-state index contributed by atoms with van der Waals surface area (Å²) in [5, 5.41) is 9.92. The summed E-state index contributed by atoms with van der Waals surface area (Å²) in [6.07, 6.45) is 3.39. The lowest BCUT2D eigenvalue weighted by atomic mass is 10.1. The van der Waals surface area contributed by atoms with E-state index in [1.54, 1.807) is 47.8 Å². The van der Waals surface area contributed by atoms with Gasteiger partial charge in [-0.1, -0.05) is 23.9 Å². The van der Waals surface area contributed by atoms with E-state index in [0.717, 1.165) is 43.0 Å². The Balaban J connectivity index is 1.68. The van der Waals surface area contributed by atoms with Crippen molar-refractivity contribution < 1.29 is 14.3 Å².